The van der Waals surface area contributed by atoms with Crippen LogP contribution in [0.2, 0.25) is 0 Å². The summed E-state index contributed by atoms with van der Waals surface area (Å²) in [5.41, 5.74) is 2.88. The molecule has 0 radical (unpaired) electrons. The van der Waals surface area contributed by atoms with E-state index in [0.717, 1.165) is 16.0 Å². The number of esters is 1. The molecule has 0 saturated heterocycles. The fourth-order valence-corrected chi connectivity index (χ4v) is 3.70. The van der Waals surface area contributed by atoms with Gasteiger partial charge in [0, 0.05) is 5.56 Å². The average Bonchev–Trinajstić information content (AvgIpc) is 3.46. The fourth-order valence-electron chi connectivity index (χ4n) is 3.70. The van der Waals surface area contributed by atoms with Gasteiger partial charge in [-0.25, -0.2) is 14.8 Å². The summed E-state index contributed by atoms with van der Waals surface area (Å²) in [5.74, 6) is -1.35. The summed E-state index contributed by atoms with van der Waals surface area (Å²) >= 11 is 0. The zero-order valence-corrected chi connectivity index (χ0v) is 16.8. The summed E-state index contributed by atoms with van der Waals surface area (Å²) < 4.78 is 4.88. The number of anilines is 1. The number of benzene rings is 3. The maximum Gasteiger partial charge on any atom is 0.339 e. The van der Waals surface area contributed by atoms with Crippen LogP contribution in [0.25, 0.3) is 22.5 Å². The number of carbonyl (C=O) groups excluding carboxylic acids is 3. The van der Waals surface area contributed by atoms with E-state index in [-0.39, 0.29) is 22.4 Å². The van der Waals surface area contributed by atoms with Gasteiger partial charge in [-0.1, -0.05) is 42.5 Å². The first-order valence-corrected chi connectivity index (χ1v) is 9.63. The monoisotopic (exact) mass is 425 g/mol. The van der Waals surface area contributed by atoms with Crippen LogP contribution in [-0.4, -0.2) is 45.5 Å². The van der Waals surface area contributed by atoms with Gasteiger partial charge < -0.3 is 4.74 Å². The molecule has 2 heterocycles. The zero-order valence-electron chi connectivity index (χ0n) is 16.8. The third-order valence-corrected chi connectivity index (χ3v) is 5.26. The lowest BCUT2D eigenvalue weighted by atomic mass is 10.0. The minimum Gasteiger partial charge on any atom is -0.465 e. The van der Waals surface area contributed by atoms with E-state index in [2.05, 4.69) is 20.6 Å². The van der Waals surface area contributed by atoms with Crippen LogP contribution in [0.5, 0.6) is 0 Å². The molecule has 0 unspecified atom stereocenters. The van der Waals surface area contributed by atoms with Crippen molar-refractivity contribution in [3.8, 4) is 22.5 Å². The summed E-state index contributed by atoms with van der Waals surface area (Å²) in [4.78, 5) is 40.0. The van der Waals surface area contributed by atoms with Gasteiger partial charge in [0.15, 0.2) is 5.82 Å². The molecule has 1 N–H and O–H groups in total. The molecule has 0 spiro atoms. The van der Waals surface area contributed by atoms with Gasteiger partial charge >= 0.3 is 5.97 Å². The van der Waals surface area contributed by atoms with Crippen LogP contribution in [0.3, 0.4) is 0 Å². The molecule has 9 nitrogen and oxygen atoms in total. The molecular weight excluding hydrogens is 410 g/mol. The van der Waals surface area contributed by atoms with E-state index in [1.165, 1.54) is 7.11 Å². The number of ether oxygens (including phenoxy) is 1. The summed E-state index contributed by atoms with van der Waals surface area (Å²) in [6.07, 6.45) is 0. The number of fused-ring (bicyclic) bond motifs is 1. The Morgan fingerprint density at radius 2 is 1.62 bits per heavy atom. The third kappa shape index (κ3) is 3.03. The maximum atomic E-state index is 13.3. The van der Waals surface area contributed by atoms with Gasteiger partial charge in [-0.15, -0.1) is 5.10 Å². The van der Waals surface area contributed by atoms with Crippen LogP contribution >= 0.6 is 0 Å². The standard InChI is InChI=1S/C23H15N5O4/c1-32-23(31)17-10-7-14(13-5-3-2-4-6-13)12-19(17)28-21(29)16-9-8-15(11-18(16)22(28)30)20-24-26-27-25-20/h2-12H,1H3,(H,24,25,26,27). The minimum atomic E-state index is -0.649. The summed E-state index contributed by atoms with van der Waals surface area (Å²) in [5, 5.41) is 13.5. The molecule has 4 aromatic rings. The number of methoxy groups -OCH3 is 1. The van der Waals surface area contributed by atoms with Gasteiger partial charge in [0.25, 0.3) is 11.8 Å². The number of H-pyrrole nitrogens is 1. The van der Waals surface area contributed by atoms with Crippen LogP contribution in [0.1, 0.15) is 31.1 Å². The van der Waals surface area contributed by atoms with E-state index in [0.29, 0.717) is 11.4 Å². The van der Waals surface area contributed by atoms with Gasteiger partial charge in [0.1, 0.15) is 0 Å². The van der Waals surface area contributed by atoms with Crippen molar-refractivity contribution < 1.29 is 19.1 Å². The Morgan fingerprint density at radius 1 is 0.875 bits per heavy atom. The summed E-state index contributed by atoms with van der Waals surface area (Å²) in [6.45, 7) is 0. The largest absolute Gasteiger partial charge is 0.465 e. The predicted octanol–water partition coefficient (Wildman–Crippen LogP) is 3.12. The van der Waals surface area contributed by atoms with Crippen molar-refractivity contribution in [2.75, 3.05) is 12.0 Å². The molecular formula is C23H15N5O4. The molecule has 32 heavy (non-hydrogen) atoms. The highest BCUT2D eigenvalue weighted by Crippen LogP contribution is 2.35. The van der Waals surface area contributed by atoms with Crippen molar-refractivity contribution in [3.05, 3.63) is 83.4 Å². The predicted molar refractivity (Wildman–Crippen MR) is 114 cm³/mol. The zero-order chi connectivity index (χ0) is 22.2. The van der Waals surface area contributed by atoms with Crippen molar-refractivity contribution in [3.63, 3.8) is 0 Å². The van der Waals surface area contributed by atoms with Gasteiger partial charge in [-0.2, -0.15) is 0 Å². The van der Waals surface area contributed by atoms with Gasteiger partial charge in [0.2, 0.25) is 0 Å². The molecule has 0 bridgehead atoms. The number of nitrogens with zero attached hydrogens (tertiary/aromatic N) is 4. The Hall–Kier alpha value is -4.66. The number of tetrazole rings is 1. The highest BCUT2D eigenvalue weighted by atomic mass is 16.5. The number of imide groups is 1. The summed E-state index contributed by atoms with van der Waals surface area (Å²) in [6, 6.07) is 19.1. The van der Waals surface area contributed by atoms with Crippen LogP contribution in [0, 0.1) is 0 Å². The molecule has 0 fully saturated rings. The fraction of sp³-hybridized carbons (Fsp3) is 0.0435. The Labute approximate surface area is 181 Å². The van der Waals surface area contributed by atoms with Crippen molar-refractivity contribution >= 4 is 23.5 Å². The lowest BCUT2D eigenvalue weighted by Crippen LogP contribution is -2.31. The van der Waals surface area contributed by atoms with E-state index < -0.39 is 17.8 Å². The topological polar surface area (TPSA) is 118 Å². The molecule has 9 heteroatoms. The normalized spacial score (nSPS) is 12.7. The van der Waals surface area contributed by atoms with Crippen LogP contribution in [0.15, 0.2) is 66.7 Å². The first kappa shape index (κ1) is 19.3. The van der Waals surface area contributed by atoms with Crippen LogP contribution < -0.4 is 4.90 Å². The number of aromatic nitrogens is 4. The Kier molecular flexibility index (Phi) is 4.55. The van der Waals surface area contributed by atoms with Gasteiger partial charge in [-0.3, -0.25) is 9.59 Å². The molecule has 2 amide bonds. The lowest BCUT2D eigenvalue weighted by Gasteiger charge is -2.18. The van der Waals surface area contributed by atoms with Crippen molar-refractivity contribution in [1.29, 1.82) is 0 Å². The van der Waals surface area contributed by atoms with E-state index in [1.54, 1.807) is 36.4 Å². The van der Waals surface area contributed by atoms with E-state index >= 15 is 0 Å². The summed E-state index contributed by atoms with van der Waals surface area (Å²) in [7, 11) is 1.25. The van der Waals surface area contributed by atoms with Gasteiger partial charge in [-0.05, 0) is 45.8 Å². The average molecular weight is 425 g/mol. The highest BCUT2D eigenvalue weighted by molar-refractivity contribution is 6.35. The quantitative estimate of drug-likeness (QED) is 0.394. The molecule has 1 aliphatic rings. The third-order valence-electron chi connectivity index (χ3n) is 5.26. The molecule has 1 aromatic heterocycles. The second-order valence-corrected chi connectivity index (χ2v) is 7.05. The molecule has 1 aliphatic heterocycles. The second kappa shape index (κ2) is 7.55. The Bertz CT molecular complexity index is 1370. The Balaban J connectivity index is 1.63. The molecule has 0 aliphatic carbocycles. The number of aromatic amines is 1. The van der Waals surface area contributed by atoms with Crippen molar-refractivity contribution in [2.45, 2.75) is 0 Å². The first-order valence-electron chi connectivity index (χ1n) is 9.63. The maximum absolute atomic E-state index is 13.3. The SMILES string of the molecule is COC(=O)c1ccc(-c2ccccc2)cc1N1C(=O)c2ccc(-c3nnn[nH]3)cc2C1=O. The number of nitrogens with one attached hydrogen (secondary N) is 1. The van der Waals surface area contributed by atoms with Crippen molar-refractivity contribution in [1.82, 2.24) is 20.6 Å². The van der Waals surface area contributed by atoms with E-state index in [1.807, 2.05) is 30.3 Å². The van der Waals surface area contributed by atoms with E-state index in [9.17, 15) is 14.4 Å². The molecule has 3 aromatic carbocycles. The Morgan fingerprint density at radius 3 is 2.34 bits per heavy atom. The molecule has 0 saturated carbocycles. The smallest absolute Gasteiger partial charge is 0.339 e. The van der Waals surface area contributed by atoms with Crippen LogP contribution in [0.4, 0.5) is 5.69 Å². The highest BCUT2D eigenvalue weighted by Gasteiger charge is 2.39. The number of carbonyl (C=O) groups is 3. The van der Waals surface area contributed by atoms with Gasteiger partial charge in [0.05, 0.1) is 29.5 Å². The van der Waals surface area contributed by atoms with Crippen molar-refractivity contribution in [2.24, 2.45) is 0 Å². The molecule has 5 rings (SSSR count). The molecule has 156 valence electrons. The minimum absolute atomic E-state index is 0.112. The number of amides is 2. The van der Waals surface area contributed by atoms with Crippen LogP contribution in [-0.2, 0) is 4.74 Å². The van der Waals surface area contributed by atoms with E-state index in [4.69, 9.17) is 4.74 Å². The molecule has 0 atom stereocenters. The second-order valence-electron chi connectivity index (χ2n) is 7.05. The lowest BCUT2D eigenvalue weighted by molar-refractivity contribution is 0.0601. The first-order chi connectivity index (χ1) is 15.6. The number of rotatable bonds is 4. The number of hydrogen-bond donors (Lipinski definition) is 1. The number of hydrogen-bond acceptors (Lipinski definition) is 7.